The molecule has 0 aliphatic heterocycles. The summed E-state index contributed by atoms with van der Waals surface area (Å²) >= 11 is 0. The molecule has 2 aromatic heterocycles. The Morgan fingerprint density at radius 1 is 1.44 bits per heavy atom. The molecule has 0 radical (unpaired) electrons. The van der Waals surface area contributed by atoms with Crippen molar-refractivity contribution in [2.75, 3.05) is 18.2 Å². The molecule has 7 heteroatoms. The van der Waals surface area contributed by atoms with Gasteiger partial charge in [-0.3, -0.25) is 4.68 Å². The molecule has 7 nitrogen and oxygen atoms in total. The Kier molecular flexibility index (Phi) is 3.31. The molecule has 96 valence electrons. The molecular formula is C11H16N6O. The number of nitrogen functional groups attached to an aromatic ring is 1. The number of nitrogens with two attached hydrogens (primary N) is 1. The van der Waals surface area contributed by atoms with E-state index in [-0.39, 0.29) is 0 Å². The fourth-order valence-corrected chi connectivity index (χ4v) is 1.63. The second-order valence-corrected chi connectivity index (χ2v) is 3.89. The minimum Gasteiger partial charge on any atom is -0.481 e. The standard InChI is InChI=1S/C11H16N6O/c1-7-10(14-6-15-11(7)18-3)13-4-8-5-16-17(2)9(8)12/h5-6H,4,12H2,1-3H3,(H,13,14,15). The Bertz CT molecular complexity index is 550. The van der Waals surface area contributed by atoms with Crippen LogP contribution in [0.5, 0.6) is 5.88 Å². The molecule has 0 aliphatic rings. The zero-order valence-electron chi connectivity index (χ0n) is 10.6. The van der Waals surface area contributed by atoms with Gasteiger partial charge in [-0.05, 0) is 6.92 Å². The van der Waals surface area contributed by atoms with Crippen LogP contribution in [0.15, 0.2) is 12.5 Å². The van der Waals surface area contributed by atoms with Crippen molar-refractivity contribution in [3.05, 3.63) is 23.7 Å². The maximum Gasteiger partial charge on any atom is 0.221 e. The highest BCUT2D eigenvalue weighted by molar-refractivity contribution is 5.49. The van der Waals surface area contributed by atoms with E-state index < -0.39 is 0 Å². The molecule has 2 rings (SSSR count). The molecule has 2 heterocycles. The fraction of sp³-hybridized carbons (Fsp3) is 0.364. The predicted octanol–water partition coefficient (Wildman–Crippen LogP) is 0.721. The van der Waals surface area contributed by atoms with Crippen molar-refractivity contribution in [1.29, 1.82) is 0 Å². The molecule has 3 N–H and O–H groups in total. The molecule has 0 atom stereocenters. The van der Waals surface area contributed by atoms with Gasteiger partial charge in [0.2, 0.25) is 5.88 Å². The molecule has 0 fully saturated rings. The van der Waals surface area contributed by atoms with Gasteiger partial charge in [-0.1, -0.05) is 0 Å². The largest absolute Gasteiger partial charge is 0.481 e. The van der Waals surface area contributed by atoms with E-state index in [9.17, 15) is 0 Å². The molecule has 0 aromatic carbocycles. The van der Waals surface area contributed by atoms with Crippen LogP contribution in [-0.4, -0.2) is 26.9 Å². The third-order valence-electron chi connectivity index (χ3n) is 2.74. The molecule has 0 spiro atoms. The highest BCUT2D eigenvalue weighted by Crippen LogP contribution is 2.20. The maximum atomic E-state index is 5.86. The second kappa shape index (κ2) is 4.91. The normalized spacial score (nSPS) is 10.4. The van der Waals surface area contributed by atoms with Gasteiger partial charge in [-0.15, -0.1) is 0 Å². The van der Waals surface area contributed by atoms with Crippen LogP contribution in [0.2, 0.25) is 0 Å². The number of methoxy groups -OCH3 is 1. The summed E-state index contributed by atoms with van der Waals surface area (Å²) in [7, 11) is 3.38. The number of aromatic nitrogens is 4. The third-order valence-corrected chi connectivity index (χ3v) is 2.74. The van der Waals surface area contributed by atoms with Gasteiger partial charge in [0.1, 0.15) is 18.0 Å². The summed E-state index contributed by atoms with van der Waals surface area (Å²) < 4.78 is 6.76. The van der Waals surface area contributed by atoms with Gasteiger partial charge in [0.15, 0.2) is 0 Å². The first kappa shape index (κ1) is 12.2. The van der Waals surface area contributed by atoms with Gasteiger partial charge < -0.3 is 15.8 Å². The lowest BCUT2D eigenvalue weighted by Gasteiger charge is -2.10. The van der Waals surface area contributed by atoms with Crippen molar-refractivity contribution in [2.45, 2.75) is 13.5 Å². The summed E-state index contributed by atoms with van der Waals surface area (Å²) in [6, 6.07) is 0. The van der Waals surface area contributed by atoms with E-state index in [0.29, 0.717) is 18.2 Å². The average Bonchev–Trinajstić information content (AvgIpc) is 2.69. The number of hydrogen-bond donors (Lipinski definition) is 2. The highest BCUT2D eigenvalue weighted by atomic mass is 16.5. The lowest BCUT2D eigenvalue weighted by molar-refractivity contribution is 0.393. The van der Waals surface area contributed by atoms with Crippen LogP contribution in [0.1, 0.15) is 11.1 Å². The summed E-state index contributed by atoms with van der Waals surface area (Å²) in [6.45, 7) is 2.45. The first-order valence-electron chi connectivity index (χ1n) is 5.49. The quantitative estimate of drug-likeness (QED) is 0.828. The Morgan fingerprint density at radius 2 is 2.22 bits per heavy atom. The van der Waals surface area contributed by atoms with E-state index in [1.165, 1.54) is 6.33 Å². The van der Waals surface area contributed by atoms with Gasteiger partial charge in [0.05, 0.1) is 18.9 Å². The van der Waals surface area contributed by atoms with Gasteiger partial charge >= 0.3 is 0 Å². The van der Waals surface area contributed by atoms with E-state index in [1.54, 1.807) is 25.0 Å². The van der Waals surface area contributed by atoms with Crippen LogP contribution < -0.4 is 15.8 Å². The summed E-state index contributed by atoms with van der Waals surface area (Å²) in [5.41, 5.74) is 7.65. The summed E-state index contributed by atoms with van der Waals surface area (Å²) in [6.07, 6.45) is 3.19. The number of anilines is 2. The Hall–Kier alpha value is -2.31. The van der Waals surface area contributed by atoms with E-state index >= 15 is 0 Å². The van der Waals surface area contributed by atoms with E-state index in [2.05, 4.69) is 20.4 Å². The molecule has 0 amide bonds. The van der Waals surface area contributed by atoms with E-state index in [0.717, 1.165) is 16.9 Å². The van der Waals surface area contributed by atoms with Crippen molar-refractivity contribution < 1.29 is 4.74 Å². The third kappa shape index (κ3) is 2.20. The number of nitrogens with zero attached hydrogens (tertiary/aromatic N) is 4. The predicted molar refractivity (Wildman–Crippen MR) is 68.3 cm³/mol. The molecular weight excluding hydrogens is 232 g/mol. The number of aryl methyl sites for hydroxylation is 1. The Labute approximate surface area is 105 Å². The van der Waals surface area contributed by atoms with Crippen molar-refractivity contribution in [2.24, 2.45) is 7.05 Å². The van der Waals surface area contributed by atoms with Gasteiger partial charge in [-0.2, -0.15) is 5.10 Å². The summed E-state index contributed by atoms with van der Waals surface area (Å²) in [4.78, 5) is 8.19. The first-order chi connectivity index (χ1) is 8.63. The average molecular weight is 248 g/mol. The zero-order chi connectivity index (χ0) is 13.1. The van der Waals surface area contributed by atoms with Gasteiger partial charge in [-0.25, -0.2) is 9.97 Å². The van der Waals surface area contributed by atoms with Gasteiger partial charge in [0.25, 0.3) is 0 Å². The highest BCUT2D eigenvalue weighted by Gasteiger charge is 2.09. The van der Waals surface area contributed by atoms with Crippen molar-refractivity contribution in [3.63, 3.8) is 0 Å². The molecule has 2 aromatic rings. The van der Waals surface area contributed by atoms with Crippen LogP contribution in [0.3, 0.4) is 0 Å². The Morgan fingerprint density at radius 3 is 2.83 bits per heavy atom. The number of nitrogens with one attached hydrogen (secondary N) is 1. The van der Waals surface area contributed by atoms with Crippen LogP contribution >= 0.6 is 0 Å². The molecule has 0 saturated carbocycles. The molecule has 0 unspecified atom stereocenters. The van der Waals surface area contributed by atoms with Crippen molar-refractivity contribution >= 4 is 11.6 Å². The molecule has 0 saturated heterocycles. The lowest BCUT2D eigenvalue weighted by Crippen LogP contribution is -2.07. The summed E-state index contributed by atoms with van der Waals surface area (Å²) in [5.74, 6) is 1.93. The van der Waals surface area contributed by atoms with Crippen LogP contribution in [-0.2, 0) is 13.6 Å². The van der Waals surface area contributed by atoms with Crippen LogP contribution in [0.25, 0.3) is 0 Å². The maximum absolute atomic E-state index is 5.86. The second-order valence-electron chi connectivity index (χ2n) is 3.89. The number of rotatable bonds is 4. The Balaban J connectivity index is 2.13. The molecule has 0 aliphatic carbocycles. The lowest BCUT2D eigenvalue weighted by atomic mass is 10.3. The molecule has 18 heavy (non-hydrogen) atoms. The fourth-order valence-electron chi connectivity index (χ4n) is 1.63. The van der Waals surface area contributed by atoms with Crippen LogP contribution in [0, 0.1) is 6.92 Å². The zero-order valence-corrected chi connectivity index (χ0v) is 10.6. The van der Waals surface area contributed by atoms with Crippen LogP contribution in [0.4, 0.5) is 11.6 Å². The monoisotopic (exact) mass is 248 g/mol. The number of hydrogen-bond acceptors (Lipinski definition) is 6. The first-order valence-corrected chi connectivity index (χ1v) is 5.49. The minimum atomic E-state index is 0.556. The SMILES string of the molecule is COc1ncnc(NCc2cnn(C)c2N)c1C. The van der Waals surface area contributed by atoms with E-state index in [4.69, 9.17) is 10.5 Å². The van der Waals surface area contributed by atoms with Gasteiger partial charge in [0, 0.05) is 19.2 Å². The summed E-state index contributed by atoms with van der Waals surface area (Å²) in [5, 5.41) is 7.27. The van der Waals surface area contributed by atoms with E-state index in [1.807, 2.05) is 6.92 Å². The topological polar surface area (TPSA) is 90.9 Å². The van der Waals surface area contributed by atoms with Crippen molar-refractivity contribution in [3.8, 4) is 5.88 Å². The molecule has 0 bridgehead atoms. The smallest absolute Gasteiger partial charge is 0.221 e. The number of ether oxygens (including phenoxy) is 1. The minimum absolute atomic E-state index is 0.556. The van der Waals surface area contributed by atoms with Crippen molar-refractivity contribution in [1.82, 2.24) is 19.7 Å².